The van der Waals surface area contributed by atoms with Crippen LogP contribution >= 0.6 is 0 Å². The SMILES string of the molecule is CC(CNC(=O)N(CC(=O)O)C(C)C)N1CCCC1. The zero-order chi connectivity index (χ0) is 14.4. The van der Waals surface area contributed by atoms with Gasteiger partial charge in [0.15, 0.2) is 0 Å². The van der Waals surface area contributed by atoms with Gasteiger partial charge in [0.2, 0.25) is 0 Å². The molecule has 1 aliphatic heterocycles. The van der Waals surface area contributed by atoms with Gasteiger partial charge in [0.05, 0.1) is 0 Å². The molecule has 19 heavy (non-hydrogen) atoms. The molecule has 6 nitrogen and oxygen atoms in total. The Morgan fingerprint density at radius 2 is 1.84 bits per heavy atom. The number of carbonyl (C=O) groups excluding carboxylic acids is 1. The molecule has 2 amide bonds. The number of aliphatic carboxylic acids is 1. The molecule has 1 fully saturated rings. The normalized spacial score (nSPS) is 17.5. The highest BCUT2D eigenvalue weighted by atomic mass is 16.4. The third-order valence-electron chi connectivity index (χ3n) is 3.50. The first-order valence-electron chi connectivity index (χ1n) is 6.92. The second kappa shape index (κ2) is 7.33. The summed E-state index contributed by atoms with van der Waals surface area (Å²) in [4.78, 5) is 26.4. The monoisotopic (exact) mass is 271 g/mol. The van der Waals surface area contributed by atoms with Crippen LogP contribution in [-0.2, 0) is 4.79 Å². The van der Waals surface area contributed by atoms with E-state index in [-0.39, 0.29) is 18.6 Å². The number of amides is 2. The Hall–Kier alpha value is -1.30. The summed E-state index contributed by atoms with van der Waals surface area (Å²) < 4.78 is 0. The van der Waals surface area contributed by atoms with Crippen molar-refractivity contribution >= 4 is 12.0 Å². The lowest BCUT2D eigenvalue weighted by Crippen LogP contribution is -2.49. The quantitative estimate of drug-likeness (QED) is 0.755. The molecule has 1 saturated heterocycles. The van der Waals surface area contributed by atoms with Gasteiger partial charge in [-0.05, 0) is 46.7 Å². The molecule has 2 N–H and O–H groups in total. The van der Waals surface area contributed by atoms with Crippen LogP contribution in [0.5, 0.6) is 0 Å². The summed E-state index contributed by atoms with van der Waals surface area (Å²) in [6.45, 7) is 8.17. The van der Waals surface area contributed by atoms with Crippen LogP contribution in [0.25, 0.3) is 0 Å². The zero-order valence-corrected chi connectivity index (χ0v) is 12.1. The minimum absolute atomic E-state index is 0.127. The number of hydrogen-bond donors (Lipinski definition) is 2. The molecule has 110 valence electrons. The first-order chi connectivity index (χ1) is 8.91. The van der Waals surface area contributed by atoms with Crippen LogP contribution in [-0.4, -0.2) is 65.2 Å². The fraction of sp³-hybridized carbons (Fsp3) is 0.846. The lowest BCUT2D eigenvalue weighted by atomic mass is 10.3. The molecule has 1 atom stereocenters. The minimum atomic E-state index is -0.989. The van der Waals surface area contributed by atoms with Crippen LogP contribution in [0.1, 0.15) is 33.6 Å². The summed E-state index contributed by atoms with van der Waals surface area (Å²) in [6.07, 6.45) is 2.44. The van der Waals surface area contributed by atoms with Crippen LogP contribution in [0.15, 0.2) is 0 Å². The third kappa shape index (κ3) is 5.06. The van der Waals surface area contributed by atoms with Crippen LogP contribution in [0.4, 0.5) is 4.79 Å². The highest BCUT2D eigenvalue weighted by Crippen LogP contribution is 2.10. The van der Waals surface area contributed by atoms with E-state index in [1.165, 1.54) is 17.7 Å². The number of hydrogen-bond acceptors (Lipinski definition) is 3. The van der Waals surface area contributed by atoms with E-state index < -0.39 is 5.97 Å². The Morgan fingerprint density at radius 3 is 2.32 bits per heavy atom. The zero-order valence-electron chi connectivity index (χ0n) is 12.1. The van der Waals surface area contributed by atoms with E-state index in [4.69, 9.17) is 5.11 Å². The molecule has 0 bridgehead atoms. The number of nitrogens with one attached hydrogen (secondary N) is 1. The van der Waals surface area contributed by atoms with Crippen LogP contribution < -0.4 is 5.32 Å². The standard InChI is InChI=1S/C13H25N3O3/c1-10(2)16(9-12(17)18)13(19)14-8-11(3)15-6-4-5-7-15/h10-11H,4-9H2,1-3H3,(H,14,19)(H,17,18). The predicted molar refractivity (Wildman–Crippen MR) is 73.1 cm³/mol. The van der Waals surface area contributed by atoms with Crippen molar-refractivity contribution in [3.05, 3.63) is 0 Å². The van der Waals surface area contributed by atoms with Gasteiger partial charge in [-0.2, -0.15) is 0 Å². The summed E-state index contributed by atoms with van der Waals surface area (Å²) in [7, 11) is 0. The number of urea groups is 1. The molecule has 6 heteroatoms. The fourth-order valence-corrected chi connectivity index (χ4v) is 2.28. The topological polar surface area (TPSA) is 72.9 Å². The van der Waals surface area contributed by atoms with Crippen molar-refractivity contribution in [2.45, 2.75) is 45.7 Å². The van der Waals surface area contributed by atoms with Crippen molar-refractivity contribution in [1.29, 1.82) is 0 Å². The Morgan fingerprint density at radius 1 is 1.26 bits per heavy atom. The number of carboxylic acid groups (broad SMARTS) is 1. The van der Waals surface area contributed by atoms with Gasteiger partial charge in [0.25, 0.3) is 0 Å². The van der Waals surface area contributed by atoms with Gasteiger partial charge < -0.3 is 15.3 Å². The predicted octanol–water partition coefficient (Wildman–Crippen LogP) is 0.975. The van der Waals surface area contributed by atoms with Gasteiger partial charge in [0.1, 0.15) is 6.54 Å². The van der Waals surface area contributed by atoms with Gasteiger partial charge in [-0.15, -0.1) is 0 Å². The smallest absolute Gasteiger partial charge is 0.323 e. The maximum Gasteiger partial charge on any atom is 0.323 e. The fourth-order valence-electron chi connectivity index (χ4n) is 2.28. The summed E-state index contributed by atoms with van der Waals surface area (Å²) in [6, 6.07) is -0.132. The van der Waals surface area contributed by atoms with E-state index in [0.29, 0.717) is 12.6 Å². The second-order valence-corrected chi connectivity index (χ2v) is 5.39. The summed E-state index contributed by atoms with van der Waals surface area (Å²) >= 11 is 0. The largest absolute Gasteiger partial charge is 0.480 e. The van der Waals surface area contributed by atoms with Crippen LogP contribution in [0.3, 0.4) is 0 Å². The molecule has 1 rings (SSSR count). The van der Waals surface area contributed by atoms with E-state index in [0.717, 1.165) is 13.1 Å². The van der Waals surface area contributed by atoms with Gasteiger partial charge in [0, 0.05) is 18.6 Å². The number of likely N-dealkylation sites (tertiary alicyclic amines) is 1. The van der Waals surface area contributed by atoms with Crippen molar-refractivity contribution in [1.82, 2.24) is 15.1 Å². The van der Waals surface area contributed by atoms with E-state index >= 15 is 0 Å². The average molecular weight is 271 g/mol. The molecule has 0 aromatic rings. The highest BCUT2D eigenvalue weighted by Gasteiger charge is 2.22. The number of carboxylic acids is 1. The molecule has 0 radical (unpaired) electrons. The molecular weight excluding hydrogens is 246 g/mol. The molecule has 1 aliphatic rings. The number of rotatable bonds is 6. The average Bonchev–Trinajstić information content (AvgIpc) is 2.85. The van der Waals surface area contributed by atoms with Crippen LogP contribution in [0, 0.1) is 0 Å². The van der Waals surface area contributed by atoms with Gasteiger partial charge in [-0.25, -0.2) is 4.79 Å². The summed E-state index contributed by atoms with van der Waals surface area (Å²) in [5.41, 5.74) is 0. The van der Waals surface area contributed by atoms with Crippen molar-refractivity contribution in [2.75, 3.05) is 26.2 Å². The first-order valence-corrected chi connectivity index (χ1v) is 6.92. The van der Waals surface area contributed by atoms with Crippen molar-refractivity contribution in [2.24, 2.45) is 0 Å². The van der Waals surface area contributed by atoms with E-state index in [1.54, 1.807) is 0 Å². The van der Waals surface area contributed by atoms with Crippen molar-refractivity contribution < 1.29 is 14.7 Å². The minimum Gasteiger partial charge on any atom is -0.480 e. The number of carbonyl (C=O) groups is 2. The molecule has 0 aromatic carbocycles. The first kappa shape index (κ1) is 15.8. The Bertz CT molecular complexity index is 314. The van der Waals surface area contributed by atoms with Gasteiger partial charge in [-0.1, -0.05) is 0 Å². The Labute approximate surface area is 114 Å². The highest BCUT2D eigenvalue weighted by molar-refractivity contribution is 5.80. The lowest BCUT2D eigenvalue weighted by Gasteiger charge is -2.28. The summed E-state index contributed by atoms with van der Waals surface area (Å²) in [5, 5.41) is 11.6. The third-order valence-corrected chi connectivity index (χ3v) is 3.50. The molecule has 1 heterocycles. The van der Waals surface area contributed by atoms with Gasteiger partial charge >= 0.3 is 12.0 Å². The maximum absolute atomic E-state index is 12.0. The molecule has 0 aromatic heterocycles. The van der Waals surface area contributed by atoms with Crippen LogP contribution in [0.2, 0.25) is 0 Å². The van der Waals surface area contributed by atoms with Crippen molar-refractivity contribution in [3.8, 4) is 0 Å². The molecular formula is C13H25N3O3. The van der Waals surface area contributed by atoms with Crippen molar-refractivity contribution in [3.63, 3.8) is 0 Å². The van der Waals surface area contributed by atoms with E-state index in [1.807, 2.05) is 13.8 Å². The maximum atomic E-state index is 12.0. The molecule has 0 aliphatic carbocycles. The molecule has 1 unspecified atom stereocenters. The Balaban J connectivity index is 2.40. The van der Waals surface area contributed by atoms with Gasteiger partial charge in [-0.3, -0.25) is 9.69 Å². The lowest BCUT2D eigenvalue weighted by molar-refractivity contribution is -0.138. The number of nitrogens with zero attached hydrogens (tertiary/aromatic N) is 2. The van der Waals surface area contributed by atoms with E-state index in [9.17, 15) is 9.59 Å². The Kier molecular flexibility index (Phi) is 6.08. The molecule has 0 saturated carbocycles. The van der Waals surface area contributed by atoms with E-state index in [2.05, 4.69) is 17.1 Å². The second-order valence-electron chi connectivity index (χ2n) is 5.39. The summed E-state index contributed by atoms with van der Waals surface area (Å²) in [5.74, 6) is -0.989. The molecule has 0 spiro atoms.